The highest BCUT2D eigenvalue weighted by atomic mass is 16.1. The van der Waals surface area contributed by atoms with Gasteiger partial charge >= 0.3 is 0 Å². The SMILES string of the molecule is CC/C=C\CC/C=C(\C)CNC(C)=O. The van der Waals surface area contributed by atoms with Gasteiger partial charge in [-0.05, 0) is 26.2 Å². The zero-order valence-electron chi connectivity index (χ0n) is 9.47. The van der Waals surface area contributed by atoms with Crippen LogP contribution in [0.5, 0.6) is 0 Å². The Kier molecular flexibility index (Phi) is 7.90. The maximum atomic E-state index is 10.6. The molecular formula is C12H21NO. The fourth-order valence-electron chi connectivity index (χ4n) is 1.05. The highest BCUT2D eigenvalue weighted by molar-refractivity contribution is 5.73. The summed E-state index contributed by atoms with van der Waals surface area (Å²) in [4.78, 5) is 10.6. The van der Waals surface area contributed by atoms with E-state index in [1.54, 1.807) is 0 Å². The summed E-state index contributed by atoms with van der Waals surface area (Å²) in [5, 5.41) is 2.77. The lowest BCUT2D eigenvalue weighted by molar-refractivity contribution is -0.118. The molecular weight excluding hydrogens is 174 g/mol. The van der Waals surface area contributed by atoms with Crippen LogP contribution in [0.2, 0.25) is 0 Å². The molecule has 0 radical (unpaired) electrons. The largest absolute Gasteiger partial charge is 0.353 e. The molecule has 0 unspecified atom stereocenters. The van der Waals surface area contributed by atoms with Gasteiger partial charge in [-0.2, -0.15) is 0 Å². The molecule has 0 aromatic rings. The average Bonchev–Trinajstić information content (AvgIpc) is 2.14. The summed E-state index contributed by atoms with van der Waals surface area (Å²) in [6.45, 7) is 6.39. The fourth-order valence-corrected chi connectivity index (χ4v) is 1.05. The monoisotopic (exact) mass is 195 g/mol. The quantitative estimate of drug-likeness (QED) is 0.512. The van der Waals surface area contributed by atoms with Crippen LogP contribution in [0.25, 0.3) is 0 Å². The Labute approximate surface area is 87.1 Å². The van der Waals surface area contributed by atoms with Crippen LogP contribution in [0.4, 0.5) is 0 Å². The molecule has 0 aliphatic heterocycles. The molecule has 0 saturated heterocycles. The van der Waals surface area contributed by atoms with Crippen LogP contribution < -0.4 is 5.32 Å². The first-order valence-electron chi connectivity index (χ1n) is 5.22. The molecule has 0 aromatic carbocycles. The van der Waals surface area contributed by atoms with E-state index in [-0.39, 0.29) is 5.91 Å². The molecule has 1 amide bonds. The number of hydrogen-bond acceptors (Lipinski definition) is 1. The first-order valence-corrected chi connectivity index (χ1v) is 5.22. The van der Waals surface area contributed by atoms with Gasteiger partial charge in [-0.3, -0.25) is 4.79 Å². The molecule has 0 bridgehead atoms. The molecule has 0 fully saturated rings. The van der Waals surface area contributed by atoms with Gasteiger partial charge in [0.05, 0.1) is 0 Å². The smallest absolute Gasteiger partial charge is 0.217 e. The van der Waals surface area contributed by atoms with E-state index in [2.05, 4.69) is 30.5 Å². The van der Waals surface area contributed by atoms with E-state index in [1.165, 1.54) is 12.5 Å². The maximum Gasteiger partial charge on any atom is 0.217 e. The number of carbonyl (C=O) groups excluding carboxylic acids is 1. The van der Waals surface area contributed by atoms with E-state index < -0.39 is 0 Å². The van der Waals surface area contributed by atoms with Crippen molar-refractivity contribution in [2.24, 2.45) is 0 Å². The van der Waals surface area contributed by atoms with Gasteiger partial charge in [-0.15, -0.1) is 0 Å². The molecule has 0 rings (SSSR count). The molecule has 0 atom stereocenters. The predicted molar refractivity (Wildman–Crippen MR) is 61.1 cm³/mol. The number of rotatable bonds is 6. The van der Waals surface area contributed by atoms with Crippen molar-refractivity contribution < 1.29 is 4.79 Å². The van der Waals surface area contributed by atoms with Crippen molar-refractivity contribution >= 4 is 5.91 Å². The molecule has 80 valence electrons. The van der Waals surface area contributed by atoms with Crippen molar-refractivity contribution in [3.05, 3.63) is 23.8 Å². The number of amides is 1. The van der Waals surface area contributed by atoms with Crippen LogP contribution in [-0.2, 0) is 4.79 Å². The van der Waals surface area contributed by atoms with Gasteiger partial charge in [0.1, 0.15) is 0 Å². The third kappa shape index (κ3) is 9.04. The van der Waals surface area contributed by atoms with Crippen molar-refractivity contribution in [2.45, 2.75) is 40.0 Å². The first-order chi connectivity index (χ1) is 6.66. The molecule has 0 aromatic heterocycles. The number of unbranched alkanes of at least 4 members (excludes halogenated alkanes) is 1. The number of hydrogen-bond donors (Lipinski definition) is 1. The lowest BCUT2D eigenvalue weighted by Gasteiger charge is -2.01. The second-order valence-corrected chi connectivity index (χ2v) is 3.42. The summed E-state index contributed by atoms with van der Waals surface area (Å²) in [7, 11) is 0. The molecule has 0 saturated carbocycles. The molecule has 14 heavy (non-hydrogen) atoms. The Bertz CT molecular complexity index is 216. The van der Waals surface area contributed by atoms with Gasteiger partial charge in [0, 0.05) is 13.5 Å². The normalized spacial score (nSPS) is 12.1. The van der Waals surface area contributed by atoms with Crippen LogP contribution >= 0.6 is 0 Å². The second-order valence-electron chi connectivity index (χ2n) is 3.42. The third-order valence-corrected chi connectivity index (χ3v) is 1.84. The van der Waals surface area contributed by atoms with Crippen LogP contribution in [-0.4, -0.2) is 12.5 Å². The minimum atomic E-state index is 0.0311. The molecule has 1 N–H and O–H groups in total. The number of nitrogens with one attached hydrogen (secondary N) is 1. The summed E-state index contributed by atoms with van der Waals surface area (Å²) >= 11 is 0. The lowest BCUT2D eigenvalue weighted by Crippen LogP contribution is -2.21. The highest BCUT2D eigenvalue weighted by Gasteiger charge is 1.91. The van der Waals surface area contributed by atoms with Gasteiger partial charge in [-0.25, -0.2) is 0 Å². The van der Waals surface area contributed by atoms with E-state index >= 15 is 0 Å². The molecule has 0 aliphatic carbocycles. The Morgan fingerprint density at radius 2 is 1.93 bits per heavy atom. The van der Waals surface area contributed by atoms with Crippen molar-refractivity contribution in [3.8, 4) is 0 Å². The fraction of sp³-hybridized carbons (Fsp3) is 0.583. The summed E-state index contributed by atoms with van der Waals surface area (Å²) in [6, 6.07) is 0. The standard InChI is InChI=1S/C12H21NO/c1-4-5-6-7-8-9-11(2)10-13-12(3)14/h5-6,9H,4,7-8,10H2,1-3H3,(H,13,14)/b6-5-,11-9+. The third-order valence-electron chi connectivity index (χ3n) is 1.84. The van der Waals surface area contributed by atoms with Crippen molar-refractivity contribution in [2.75, 3.05) is 6.54 Å². The number of allylic oxidation sites excluding steroid dienone is 3. The van der Waals surface area contributed by atoms with Gasteiger partial charge < -0.3 is 5.32 Å². The Morgan fingerprint density at radius 1 is 1.21 bits per heavy atom. The maximum absolute atomic E-state index is 10.6. The second kappa shape index (κ2) is 8.54. The van der Waals surface area contributed by atoms with Crippen molar-refractivity contribution in [1.82, 2.24) is 5.32 Å². The summed E-state index contributed by atoms with van der Waals surface area (Å²) in [5.74, 6) is 0.0311. The molecule has 0 heterocycles. The van der Waals surface area contributed by atoms with Gasteiger partial charge in [0.25, 0.3) is 0 Å². The summed E-state index contributed by atoms with van der Waals surface area (Å²) in [5.41, 5.74) is 1.23. The van der Waals surface area contributed by atoms with Crippen LogP contribution in [0.15, 0.2) is 23.8 Å². The van der Waals surface area contributed by atoms with Crippen molar-refractivity contribution in [3.63, 3.8) is 0 Å². The Morgan fingerprint density at radius 3 is 2.50 bits per heavy atom. The zero-order valence-corrected chi connectivity index (χ0v) is 9.47. The van der Waals surface area contributed by atoms with Crippen LogP contribution in [0.1, 0.15) is 40.0 Å². The van der Waals surface area contributed by atoms with Crippen molar-refractivity contribution in [1.29, 1.82) is 0 Å². The molecule has 0 spiro atoms. The molecule has 0 aliphatic rings. The van der Waals surface area contributed by atoms with E-state index in [0.29, 0.717) is 6.54 Å². The van der Waals surface area contributed by atoms with Gasteiger partial charge in [-0.1, -0.05) is 30.7 Å². The van der Waals surface area contributed by atoms with E-state index in [0.717, 1.165) is 19.3 Å². The average molecular weight is 195 g/mol. The zero-order chi connectivity index (χ0) is 10.8. The molecule has 2 nitrogen and oxygen atoms in total. The minimum Gasteiger partial charge on any atom is -0.353 e. The minimum absolute atomic E-state index is 0.0311. The predicted octanol–water partition coefficient (Wildman–Crippen LogP) is 2.82. The van der Waals surface area contributed by atoms with Crippen LogP contribution in [0, 0.1) is 0 Å². The Balaban J connectivity index is 3.55. The van der Waals surface area contributed by atoms with Gasteiger partial charge in [0.2, 0.25) is 5.91 Å². The molecule has 2 heteroatoms. The lowest BCUT2D eigenvalue weighted by atomic mass is 10.2. The van der Waals surface area contributed by atoms with Gasteiger partial charge in [0.15, 0.2) is 0 Å². The number of carbonyl (C=O) groups is 1. The highest BCUT2D eigenvalue weighted by Crippen LogP contribution is 1.98. The van der Waals surface area contributed by atoms with E-state index in [1.807, 2.05) is 6.92 Å². The van der Waals surface area contributed by atoms with Crippen LogP contribution in [0.3, 0.4) is 0 Å². The van der Waals surface area contributed by atoms with E-state index in [4.69, 9.17) is 0 Å². The summed E-state index contributed by atoms with van der Waals surface area (Å²) < 4.78 is 0. The topological polar surface area (TPSA) is 29.1 Å². The Hall–Kier alpha value is -1.05. The van der Waals surface area contributed by atoms with E-state index in [9.17, 15) is 4.79 Å². The summed E-state index contributed by atoms with van der Waals surface area (Å²) in [6.07, 6.45) is 9.80. The first kappa shape index (κ1) is 12.9.